The molecule has 0 aliphatic carbocycles. The molecule has 0 radical (unpaired) electrons. The third-order valence-corrected chi connectivity index (χ3v) is 1.79. The summed E-state index contributed by atoms with van der Waals surface area (Å²) in [4.78, 5) is 13.1. The second-order valence-electron chi connectivity index (χ2n) is 4.32. The van der Waals surface area contributed by atoms with Crippen molar-refractivity contribution in [1.29, 1.82) is 0 Å². The first-order chi connectivity index (χ1) is 6.40. The molecule has 1 unspecified atom stereocenters. The average molecular weight is 202 g/mol. The molecule has 5 nitrogen and oxygen atoms in total. The standard InChI is InChI=1S/C9H18N2O3/c1-9(2,3)14-8(12)11-4-5-13-6-7(11)10/h7H,4-6,10H2,1-3H3. The molecule has 2 N–H and O–H groups in total. The number of rotatable bonds is 0. The lowest BCUT2D eigenvalue weighted by atomic mass is 10.2. The summed E-state index contributed by atoms with van der Waals surface area (Å²) in [7, 11) is 0. The van der Waals surface area contributed by atoms with Crippen LogP contribution in [0.4, 0.5) is 4.79 Å². The van der Waals surface area contributed by atoms with E-state index in [1.165, 1.54) is 4.90 Å². The highest BCUT2D eigenvalue weighted by Gasteiger charge is 2.28. The van der Waals surface area contributed by atoms with Crippen LogP contribution in [0, 0.1) is 0 Å². The van der Waals surface area contributed by atoms with Gasteiger partial charge in [-0.05, 0) is 20.8 Å². The molecule has 1 saturated heterocycles. The minimum absolute atomic E-state index is 0.367. The molecule has 1 heterocycles. The summed E-state index contributed by atoms with van der Waals surface area (Å²) in [6.45, 7) is 6.88. The summed E-state index contributed by atoms with van der Waals surface area (Å²) in [5, 5.41) is 0. The number of hydrogen-bond acceptors (Lipinski definition) is 4. The van der Waals surface area contributed by atoms with Crippen LogP contribution in [0.15, 0.2) is 0 Å². The molecule has 1 aliphatic heterocycles. The van der Waals surface area contributed by atoms with Crippen LogP contribution >= 0.6 is 0 Å². The maximum Gasteiger partial charge on any atom is 0.411 e. The number of hydrogen-bond donors (Lipinski definition) is 1. The van der Waals surface area contributed by atoms with E-state index in [1.807, 2.05) is 20.8 Å². The van der Waals surface area contributed by atoms with Crippen LogP contribution < -0.4 is 5.73 Å². The van der Waals surface area contributed by atoms with Crippen LogP contribution in [0.1, 0.15) is 20.8 Å². The Morgan fingerprint density at radius 2 is 2.21 bits per heavy atom. The number of nitrogens with zero attached hydrogens (tertiary/aromatic N) is 1. The van der Waals surface area contributed by atoms with E-state index < -0.39 is 11.8 Å². The van der Waals surface area contributed by atoms with Gasteiger partial charge in [-0.1, -0.05) is 0 Å². The fourth-order valence-electron chi connectivity index (χ4n) is 1.17. The molecule has 0 aromatic carbocycles. The van der Waals surface area contributed by atoms with Crippen LogP contribution in [0.2, 0.25) is 0 Å². The highest BCUT2D eigenvalue weighted by molar-refractivity contribution is 5.68. The van der Waals surface area contributed by atoms with Crippen LogP contribution in [-0.4, -0.2) is 42.5 Å². The number of amides is 1. The van der Waals surface area contributed by atoms with E-state index in [9.17, 15) is 4.79 Å². The Morgan fingerprint density at radius 3 is 2.71 bits per heavy atom. The van der Waals surface area contributed by atoms with E-state index in [4.69, 9.17) is 15.2 Å². The SMILES string of the molecule is CC(C)(C)OC(=O)N1CCOCC1N. The van der Waals surface area contributed by atoms with Crippen molar-refractivity contribution in [2.24, 2.45) is 5.73 Å². The van der Waals surface area contributed by atoms with E-state index in [0.29, 0.717) is 19.8 Å². The smallest absolute Gasteiger partial charge is 0.411 e. The largest absolute Gasteiger partial charge is 0.444 e. The first-order valence-corrected chi connectivity index (χ1v) is 4.73. The molecule has 1 atom stereocenters. The van der Waals surface area contributed by atoms with Crippen LogP contribution in [-0.2, 0) is 9.47 Å². The summed E-state index contributed by atoms with van der Waals surface area (Å²) in [5.74, 6) is 0. The molecule has 82 valence electrons. The normalized spacial score (nSPS) is 23.4. The molecular weight excluding hydrogens is 184 g/mol. The Hall–Kier alpha value is -0.810. The molecule has 14 heavy (non-hydrogen) atoms. The molecule has 5 heteroatoms. The Balaban J connectivity index is 2.50. The van der Waals surface area contributed by atoms with E-state index in [2.05, 4.69) is 0 Å². The first kappa shape index (κ1) is 11.3. The summed E-state index contributed by atoms with van der Waals surface area (Å²) in [6, 6.07) is 0. The summed E-state index contributed by atoms with van der Waals surface area (Å²) in [5.41, 5.74) is 5.22. The van der Waals surface area contributed by atoms with Crippen molar-refractivity contribution in [1.82, 2.24) is 4.90 Å². The molecule has 0 saturated carbocycles. The fraction of sp³-hybridized carbons (Fsp3) is 0.889. The van der Waals surface area contributed by atoms with Crippen molar-refractivity contribution in [3.63, 3.8) is 0 Å². The van der Waals surface area contributed by atoms with Gasteiger partial charge >= 0.3 is 6.09 Å². The highest BCUT2D eigenvalue weighted by Crippen LogP contribution is 2.12. The Bertz CT molecular complexity index is 213. The van der Waals surface area contributed by atoms with E-state index in [1.54, 1.807) is 0 Å². The van der Waals surface area contributed by atoms with E-state index >= 15 is 0 Å². The van der Waals surface area contributed by atoms with Gasteiger partial charge in [0.1, 0.15) is 11.8 Å². The lowest BCUT2D eigenvalue weighted by Crippen LogP contribution is -2.54. The topological polar surface area (TPSA) is 64.8 Å². The maximum absolute atomic E-state index is 11.6. The lowest BCUT2D eigenvalue weighted by Gasteiger charge is -2.34. The number of carbonyl (C=O) groups excluding carboxylic acids is 1. The monoisotopic (exact) mass is 202 g/mol. The van der Waals surface area contributed by atoms with Crippen molar-refractivity contribution >= 4 is 6.09 Å². The van der Waals surface area contributed by atoms with E-state index in [-0.39, 0.29) is 6.09 Å². The van der Waals surface area contributed by atoms with Crippen molar-refractivity contribution in [3.8, 4) is 0 Å². The molecule has 0 aromatic rings. The second-order valence-corrected chi connectivity index (χ2v) is 4.32. The zero-order valence-electron chi connectivity index (χ0n) is 8.95. The maximum atomic E-state index is 11.6. The molecule has 0 spiro atoms. The fourth-order valence-corrected chi connectivity index (χ4v) is 1.17. The van der Waals surface area contributed by atoms with Crippen molar-refractivity contribution < 1.29 is 14.3 Å². The Kier molecular flexibility index (Phi) is 3.34. The van der Waals surface area contributed by atoms with Crippen LogP contribution in [0.25, 0.3) is 0 Å². The van der Waals surface area contributed by atoms with Crippen molar-refractivity contribution in [2.75, 3.05) is 19.8 Å². The molecule has 1 amide bonds. The van der Waals surface area contributed by atoms with Gasteiger partial charge in [0.25, 0.3) is 0 Å². The van der Waals surface area contributed by atoms with Gasteiger partial charge in [0.05, 0.1) is 13.2 Å². The van der Waals surface area contributed by atoms with Gasteiger partial charge in [-0.25, -0.2) is 4.79 Å². The predicted molar refractivity (Wildman–Crippen MR) is 51.7 cm³/mol. The molecular formula is C9H18N2O3. The van der Waals surface area contributed by atoms with Crippen molar-refractivity contribution in [3.05, 3.63) is 0 Å². The predicted octanol–water partition coefficient (Wildman–Crippen LogP) is 0.539. The first-order valence-electron chi connectivity index (χ1n) is 4.73. The van der Waals surface area contributed by atoms with Gasteiger partial charge in [0.15, 0.2) is 0 Å². The second kappa shape index (κ2) is 4.14. The molecule has 0 bridgehead atoms. The average Bonchev–Trinajstić information content (AvgIpc) is 2.01. The minimum Gasteiger partial charge on any atom is -0.444 e. The Labute approximate surface area is 84.1 Å². The van der Waals surface area contributed by atoms with E-state index in [0.717, 1.165) is 0 Å². The lowest BCUT2D eigenvalue weighted by molar-refractivity contribution is -0.0306. The summed E-state index contributed by atoms with van der Waals surface area (Å²) in [6.07, 6.45) is -0.757. The number of carbonyl (C=O) groups is 1. The summed E-state index contributed by atoms with van der Waals surface area (Å²) >= 11 is 0. The van der Waals surface area contributed by atoms with Crippen molar-refractivity contribution in [2.45, 2.75) is 32.5 Å². The number of morpholine rings is 1. The van der Waals surface area contributed by atoms with Gasteiger partial charge < -0.3 is 15.2 Å². The Morgan fingerprint density at radius 1 is 1.57 bits per heavy atom. The molecule has 0 aromatic heterocycles. The van der Waals surface area contributed by atoms with Crippen LogP contribution in [0.5, 0.6) is 0 Å². The quantitative estimate of drug-likeness (QED) is 0.622. The highest BCUT2D eigenvalue weighted by atomic mass is 16.6. The van der Waals surface area contributed by atoms with Gasteiger partial charge in [-0.3, -0.25) is 4.90 Å². The third-order valence-electron chi connectivity index (χ3n) is 1.79. The van der Waals surface area contributed by atoms with Gasteiger partial charge in [-0.15, -0.1) is 0 Å². The zero-order chi connectivity index (χ0) is 10.8. The van der Waals surface area contributed by atoms with Crippen LogP contribution in [0.3, 0.4) is 0 Å². The third kappa shape index (κ3) is 3.16. The minimum atomic E-state index is -0.477. The zero-order valence-corrected chi connectivity index (χ0v) is 8.95. The van der Waals surface area contributed by atoms with Gasteiger partial charge in [-0.2, -0.15) is 0 Å². The number of ether oxygens (including phenoxy) is 2. The molecule has 1 rings (SSSR count). The summed E-state index contributed by atoms with van der Waals surface area (Å²) < 4.78 is 10.3. The van der Waals surface area contributed by atoms with Gasteiger partial charge in [0, 0.05) is 6.54 Å². The van der Waals surface area contributed by atoms with Gasteiger partial charge in [0.2, 0.25) is 0 Å². The molecule has 1 fully saturated rings. The number of nitrogens with two attached hydrogens (primary N) is 1. The molecule has 1 aliphatic rings.